The lowest BCUT2D eigenvalue weighted by atomic mass is 10.0. The first-order valence-corrected chi connectivity index (χ1v) is 7.14. The molecule has 1 aliphatic heterocycles. The number of anilines is 1. The van der Waals surface area contributed by atoms with Crippen molar-refractivity contribution < 1.29 is 0 Å². The van der Waals surface area contributed by atoms with Crippen LogP contribution in [0.4, 0.5) is 5.69 Å². The normalized spacial score (nSPS) is 23.6. The Kier molecular flexibility index (Phi) is 3.69. The van der Waals surface area contributed by atoms with E-state index >= 15 is 0 Å². The standard InChI is InChI=1S/C13H17ClN2S/c1-4-13(3)8-17-12(16-13)15-11-6-5-9(2)7-10(11)14/h5-7H,4,8H2,1-3H3,(H,15,16). The fraction of sp³-hybridized carbons (Fsp3) is 0.462. The molecule has 0 aliphatic carbocycles. The summed E-state index contributed by atoms with van der Waals surface area (Å²) < 4.78 is 0. The van der Waals surface area contributed by atoms with Crippen LogP contribution in [0.5, 0.6) is 0 Å². The number of rotatable bonds is 2. The van der Waals surface area contributed by atoms with Gasteiger partial charge in [-0.1, -0.05) is 36.4 Å². The van der Waals surface area contributed by atoms with Gasteiger partial charge in [-0.2, -0.15) is 0 Å². The first kappa shape index (κ1) is 12.8. The molecular formula is C13H17ClN2S. The van der Waals surface area contributed by atoms with Crippen LogP contribution >= 0.6 is 23.4 Å². The minimum atomic E-state index is 0.0736. The molecule has 92 valence electrons. The maximum Gasteiger partial charge on any atom is 0.161 e. The van der Waals surface area contributed by atoms with Gasteiger partial charge in [0.15, 0.2) is 5.17 Å². The quantitative estimate of drug-likeness (QED) is 0.863. The molecule has 1 unspecified atom stereocenters. The number of nitrogens with zero attached hydrogens (tertiary/aromatic N) is 1. The number of benzene rings is 1. The highest BCUT2D eigenvalue weighted by Crippen LogP contribution is 2.32. The van der Waals surface area contributed by atoms with Crippen molar-refractivity contribution in [2.75, 3.05) is 11.1 Å². The van der Waals surface area contributed by atoms with Gasteiger partial charge >= 0.3 is 0 Å². The molecule has 0 saturated heterocycles. The van der Waals surface area contributed by atoms with Gasteiger partial charge < -0.3 is 5.32 Å². The molecule has 17 heavy (non-hydrogen) atoms. The van der Waals surface area contributed by atoms with Crippen LogP contribution in [0.25, 0.3) is 0 Å². The summed E-state index contributed by atoms with van der Waals surface area (Å²) in [6, 6.07) is 6.01. The smallest absolute Gasteiger partial charge is 0.161 e. The van der Waals surface area contributed by atoms with Gasteiger partial charge in [0.2, 0.25) is 0 Å². The van der Waals surface area contributed by atoms with Crippen molar-refractivity contribution >= 4 is 34.2 Å². The molecule has 0 amide bonds. The summed E-state index contributed by atoms with van der Waals surface area (Å²) >= 11 is 7.95. The molecule has 1 atom stereocenters. The van der Waals surface area contributed by atoms with E-state index in [1.165, 1.54) is 5.56 Å². The van der Waals surface area contributed by atoms with Crippen molar-refractivity contribution in [3.05, 3.63) is 28.8 Å². The summed E-state index contributed by atoms with van der Waals surface area (Å²) in [6.45, 7) is 6.39. The maximum atomic E-state index is 6.19. The average Bonchev–Trinajstić information content (AvgIpc) is 2.66. The molecule has 1 heterocycles. The molecule has 0 fully saturated rings. The summed E-state index contributed by atoms with van der Waals surface area (Å²) in [6.07, 6.45) is 1.06. The highest BCUT2D eigenvalue weighted by molar-refractivity contribution is 8.14. The predicted molar refractivity (Wildman–Crippen MR) is 78.4 cm³/mol. The maximum absolute atomic E-state index is 6.19. The Labute approximate surface area is 112 Å². The molecule has 0 bridgehead atoms. The number of aliphatic imine (C=N–C) groups is 1. The highest BCUT2D eigenvalue weighted by Gasteiger charge is 2.28. The summed E-state index contributed by atoms with van der Waals surface area (Å²) in [7, 11) is 0. The van der Waals surface area contributed by atoms with E-state index < -0.39 is 0 Å². The molecule has 0 spiro atoms. The minimum absolute atomic E-state index is 0.0736. The lowest BCUT2D eigenvalue weighted by Gasteiger charge is -2.15. The van der Waals surface area contributed by atoms with Crippen LogP contribution in [-0.4, -0.2) is 16.5 Å². The van der Waals surface area contributed by atoms with Gasteiger partial charge in [-0.15, -0.1) is 0 Å². The van der Waals surface area contributed by atoms with Gasteiger partial charge in [-0.25, -0.2) is 0 Å². The summed E-state index contributed by atoms with van der Waals surface area (Å²) in [5.74, 6) is 1.04. The van der Waals surface area contributed by atoms with E-state index in [0.717, 1.165) is 28.1 Å². The summed E-state index contributed by atoms with van der Waals surface area (Å²) in [5, 5.41) is 5.03. The molecule has 0 aromatic heterocycles. The van der Waals surface area contributed by atoms with Gasteiger partial charge in [0.25, 0.3) is 0 Å². The number of amidine groups is 1. The van der Waals surface area contributed by atoms with Crippen LogP contribution in [0.15, 0.2) is 23.2 Å². The van der Waals surface area contributed by atoms with E-state index in [9.17, 15) is 0 Å². The van der Waals surface area contributed by atoms with Crippen LogP contribution in [0.3, 0.4) is 0 Å². The number of halogens is 1. The average molecular weight is 269 g/mol. The zero-order chi connectivity index (χ0) is 12.5. The van der Waals surface area contributed by atoms with E-state index in [0.29, 0.717) is 0 Å². The lowest BCUT2D eigenvalue weighted by Crippen LogP contribution is -2.20. The molecule has 0 radical (unpaired) electrons. The monoisotopic (exact) mass is 268 g/mol. The molecule has 1 aliphatic rings. The zero-order valence-electron chi connectivity index (χ0n) is 10.4. The van der Waals surface area contributed by atoms with Gasteiger partial charge in [0, 0.05) is 5.75 Å². The Hall–Kier alpha value is -0.670. The van der Waals surface area contributed by atoms with Crippen LogP contribution < -0.4 is 5.32 Å². The van der Waals surface area contributed by atoms with Crippen molar-refractivity contribution in [3.8, 4) is 0 Å². The van der Waals surface area contributed by atoms with Gasteiger partial charge in [-0.05, 0) is 38.0 Å². The third kappa shape index (κ3) is 2.96. The first-order valence-electron chi connectivity index (χ1n) is 5.78. The second-order valence-corrected chi connectivity index (χ2v) is 6.04. The number of aryl methyl sites for hydroxylation is 1. The van der Waals surface area contributed by atoms with E-state index in [1.54, 1.807) is 11.8 Å². The number of thioether (sulfide) groups is 1. The molecule has 2 nitrogen and oxygen atoms in total. The second-order valence-electron chi connectivity index (χ2n) is 4.66. The van der Waals surface area contributed by atoms with Crippen molar-refractivity contribution in [2.45, 2.75) is 32.7 Å². The topological polar surface area (TPSA) is 24.4 Å². The number of hydrogen-bond donors (Lipinski definition) is 1. The third-order valence-corrected chi connectivity index (χ3v) is 4.56. The zero-order valence-corrected chi connectivity index (χ0v) is 12.0. The van der Waals surface area contributed by atoms with Crippen LogP contribution in [0, 0.1) is 6.92 Å². The Morgan fingerprint density at radius 2 is 2.29 bits per heavy atom. The fourth-order valence-corrected chi connectivity index (χ4v) is 3.08. The number of nitrogens with one attached hydrogen (secondary N) is 1. The SMILES string of the molecule is CCC1(C)CSC(Nc2ccc(C)cc2Cl)=N1. The first-order chi connectivity index (χ1) is 8.02. The van der Waals surface area contributed by atoms with E-state index in [-0.39, 0.29) is 5.54 Å². The van der Waals surface area contributed by atoms with Crippen LogP contribution in [0.1, 0.15) is 25.8 Å². The molecule has 1 N–H and O–H groups in total. The molecule has 2 rings (SSSR count). The van der Waals surface area contributed by atoms with Crippen LogP contribution in [0.2, 0.25) is 5.02 Å². The van der Waals surface area contributed by atoms with Crippen LogP contribution in [-0.2, 0) is 0 Å². The molecule has 1 aromatic carbocycles. The lowest BCUT2D eigenvalue weighted by molar-refractivity contribution is 0.523. The number of hydrogen-bond acceptors (Lipinski definition) is 3. The Balaban J connectivity index is 2.15. The van der Waals surface area contributed by atoms with Crippen molar-refractivity contribution in [3.63, 3.8) is 0 Å². The molecule has 1 aromatic rings. The molecule has 4 heteroatoms. The Morgan fingerprint density at radius 3 is 2.88 bits per heavy atom. The van der Waals surface area contributed by atoms with Crippen molar-refractivity contribution in [1.29, 1.82) is 0 Å². The van der Waals surface area contributed by atoms with Gasteiger partial charge in [0.05, 0.1) is 16.2 Å². The largest absolute Gasteiger partial charge is 0.334 e. The summed E-state index contributed by atoms with van der Waals surface area (Å²) in [4.78, 5) is 4.71. The minimum Gasteiger partial charge on any atom is -0.334 e. The van der Waals surface area contributed by atoms with Gasteiger partial charge in [0.1, 0.15) is 0 Å². The van der Waals surface area contributed by atoms with E-state index in [2.05, 4.69) is 19.2 Å². The molecular weight excluding hydrogens is 252 g/mol. The van der Waals surface area contributed by atoms with Gasteiger partial charge in [-0.3, -0.25) is 4.99 Å². The fourth-order valence-electron chi connectivity index (χ4n) is 1.62. The Bertz CT molecular complexity index is 459. The van der Waals surface area contributed by atoms with Crippen molar-refractivity contribution in [2.24, 2.45) is 4.99 Å². The third-order valence-electron chi connectivity index (χ3n) is 3.02. The van der Waals surface area contributed by atoms with Crippen molar-refractivity contribution in [1.82, 2.24) is 0 Å². The Morgan fingerprint density at radius 1 is 1.53 bits per heavy atom. The second kappa shape index (κ2) is 4.91. The molecule has 0 saturated carbocycles. The predicted octanol–water partition coefficient (Wildman–Crippen LogP) is 4.33. The highest BCUT2D eigenvalue weighted by atomic mass is 35.5. The van der Waals surface area contributed by atoms with E-state index in [4.69, 9.17) is 16.6 Å². The van der Waals surface area contributed by atoms with E-state index in [1.807, 2.05) is 25.1 Å². The summed E-state index contributed by atoms with van der Waals surface area (Å²) in [5.41, 5.74) is 2.17.